The van der Waals surface area contributed by atoms with Crippen LogP contribution in [0.4, 0.5) is 0 Å². The minimum Gasteiger partial charge on any atom is -0.394 e. The molecule has 2 atom stereocenters. The summed E-state index contributed by atoms with van der Waals surface area (Å²) in [5.41, 5.74) is 3.49. The van der Waals surface area contributed by atoms with Crippen LogP contribution in [0.15, 0.2) is 54.6 Å². The lowest BCUT2D eigenvalue weighted by atomic mass is 9.86. The van der Waals surface area contributed by atoms with E-state index >= 15 is 0 Å². The van der Waals surface area contributed by atoms with Crippen LogP contribution in [-0.4, -0.2) is 46.4 Å². The molecule has 36 heavy (non-hydrogen) atoms. The number of carbonyl (C=O) groups excluding carboxylic acids is 2. The van der Waals surface area contributed by atoms with E-state index in [9.17, 15) is 19.9 Å². The molecule has 0 spiro atoms. The number of nitrogens with zero attached hydrogens (tertiary/aromatic N) is 1. The van der Waals surface area contributed by atoms with Crippen molar-refractivity contribution in [2.75, 3.05) is 13.2 Å². The van der Waals surface area contributed by atoms with Crippen LogP contribution in [0.25, 0.3) is 11.1 Å². The Morgan fingerprint density at radius 1 is 1.00 bits per heavy atom. The lowest BCUT2D eigenvalue weighted by Crippen LogP contribution is -2.43. The number of benzene rings is 2. The zero-order chi connectivity index (χ0) is 25.9. The third-order valence-corrected chi connectivity index (χ3v) is 7.18. The number of aliphatic hydroxyl groups excluding tert-OH is 1. The fourth-order valence-corrected chi connectivity index (χ4v) is 5.28. The molecule has 1 aliphatic carbocycles. The maximum Gasteiger partial charge on any atom is 0.249 e. The summed E-state index contributed by atoms with van der Waals surface area (Å²) < 4.78 is 0. The molecular weight excluding hydrogens is 452 g/mol. The van der Waals surface area contributed by atoms with Crippen LogP contribution in [0.1, 0.15) is 64.4 Å². The average molecular weight is 495 g/mol. The normalized spacial score (nSPS) is 15.6. The van der Waals surface area contributed by atoms with Crippen molar-refractivity contribution in [1.82, 2.24) is 10.4 Å². The summed E-state index contributed by atoms with van der Waals surface area (Å²) in [5.74, 6) is -0.660. The molecule has 6 heteroatoms. The van der Waals surface area contributed by atoms with Crippen molar-refractivity contribution in [1.29, 1.82) is 0 Å². The minimum absolute atomic E-state index is 0.0517. The summed E-state index contributed by atoms with van der Waals surface area (Å²) in [6.07, 6.45) is 6.03. The lowest BCUT2D eigenvalue weighted by Gasteiger charge is -2.27. The first-order chi connectivity index (χ1) is 17.4. The molecule has 1 aliphatic rings. The Balaban J connectivity index is 1.52. The lowest BCUT2D eigenvalue weighted by molar-refractivity contribution is -0.173. The number of amides is 2. The Morgan fingerprint density at radius 2 is 1.64 bits per heavy atom. The number of aliphatic hydroxyl groups is 1. The molecule has 0 heterocycles. The second-order valence-electron chi connectivity index (χ2n) is 10.6. The van der Waals surface area contributed by atoms with Gasteiger partial charge >= 0.3 is 0 Å². The maximum absolute atomic E-state index is 13.2. The van der Waals surface area contributed by atoms with Gasteiger partial charge in [0.1, 0.15) is 0 Å². The molecule has 2 amide bonds. The van der Waals surface area contributed by atoms with Crippen molar-refractivity contribution in [3.8, 4) is 11.1 Å². The molecule has 0 aromatic heterocycles. The van der Waals surface area contributed by atoms with E-state index in [2.05, 4.69) is 41.7 Å². The zero-order valence-corrected chi connectivity index (χ0v) is 21.7. The van der Waals surface area contributed by atoms with E-state index in [0.29, 0.717) is 18.8 Å². The molecule has 0 radical (unpaired) electrons. The highest BCUT2D eigenvalue weighted by Gasteiger charge is 2.35. The van der Waals surface area contributed by atoms with E-state index < -0.39 is 5.92 Å². The molecule has 3 N–H and O–H groups in total. The van der Waals surface area contributed by atoms with Gasteiger partial charge in [-0.15, -0.1) is 0 Å². The van der Waals surface area contributed by atoms with Gasteiger partial charge in [-0.25, -0.2) is 5.06 Å². The minimum atomic E-state index is -0.527. The quantitative estimate of drug-likeness (QED) is 0.263. The van der Waals surface area contributed by atoms with Gasteiger partial charge in [-0.1, -0.05) is 81.3 Å². The monoisotopic (exact) mass is 494 g/mol. The van der Waals surface area contributed by atoms with Crippen LogP contribution in [0.5, 0.6) is 0 Å². The van der Waals surface area contributed by atoms with Crippen molar-refractivity contribution >= 4 is 11.8 Å². The summed E-state index contributed by atoms with van der Waals surface area (Å²) >= 11 is 0. The van der Waals surface area contributed by atoms with E-state index in [0.717, 1.165) is 48.3 Å². The van der Waals surface area contributed by atoms with Crippen LogP contribution in [0, 0.1) is 17.8 Å². The summed E-state index contributed by atoms with van der Waals surface area (Å²) in [4.78, 5) is 25.9. The standard InChI is InChI=1S/C30H42N2O4/c1-22(2)19-27(21-33)31-29(34)20-28(26-12-6-7-13-26)30(35)32(36)18-8-9-23-14-16-25(17-15-23)24-10-4-3-5-11-24/h3-5,10-11,14-17,22,26-28,33,36H,6-9,12-13,18-21H2,1-2H3,(H,31,34)/t27-,28-/m0/s1. The van der Waals surface area contributed by atoms with Crippen LogP contribution < -0.4 is 5.32 Å². The molecule has 6 nitrogen and oxygen atoms in total. The first kappa shape index (κ1) is 27.9. The summed E-state index contributed by atoms with van der Waals surface area (Å²) in [6, 6.07) is 18.3. The van der Waals surface area contributed by atoms with E-state index in [1.54, 1.807) is 0 Å². The van der Waals surface area contributed by atoms with Crippen LogP contribution >= 0.6 is 0 Å². The van der Waals surface area contributed by atoms with Crippen molar-refractivity contribution in [2.45, 2.75) is 71.3 Å². The molecule has 0 aliphatic heterocycles. The molecule has 3 rings (SSSR count). The number of rotatable bonds is 13. The Hall–Kier alpha value is -2.70. The number of hydrogen-bond donors (Lipinski definition) is 3. The number of hydrogen-bond acceptors (Lipinski definition) is 4. The fraction of sp³-hybridized carbons (Fsp3) is 0.533. The van der Waals surface area contributed by atoms with Gasteiger partial charge in [0.15, 0.2) is 0 Å². The third-order valence-electron chi connectivity index (χ3n) is 7.18. The molecule has 1 fully saturated rings. The van der Waals surface area contributed by atoms with Gasteiger partial charge in [0, 0.05) is 13.0 Å². The van der Waals surface area contributed by atoms with Gasteiger partial charge < -0.3 is 10.4 Å². The molecule has 0 bridgehead atoms. The highest BCUT2D eigenvalue weighted by Crippen LogP contribution is 2.34. The third kappa shape index (κ3) is 8.45. The smallest absolute Gasteiger partial charge is 0.249 e. The highest BCUT2D eigenvalue weighted by atomic mass is 16.5. The van der Waals surface area contributed by atoms with E-state index in [1.165, 1.54) is 5.56 Å². The Bertz CT molecular complexity index is 939. The van der Waals surface area contributed by atoms with Gasteiger partial charge in [0.2, 0.25) is 11.8 Å². The Labute approximate surface area is 215 Å². The molecule has 2 aromatic rings. The second-order valence-corrected chi connectivity index (χ2v) is 10.6. The van der Waals surface area contributed by atoms with E-state index in [-0.39, 0.29) is 43.3 Å². The second kappa shape index (κ2) is 14.1. The predicted molar refractivity (Wildman–Crippen MR) is 142 cm³/mol. The number of carbonyl (C=O) groups is 2. The van der Waals surface area contributed by atoms with Gasteiger partial charge in [0.05, 0.1) is 18.6 Å². The molecule has 0 unspecified atom stereocenters. The van der Waals surface area contributed by atoms with Crippen LogP contribution in [-0.2, 0) is 16.0 Å². The first-order valence-electron chi connectivity index (χ1n) is 13.4. The fourth-order valence-electron chi connectivity index (χ4n) is 5.28. The Morgan fingerprint density at radius 3 is 2.25 bits per heavy atom. The van der Waals surface area contributed by atoms with Crippen molar-refractivity contribution in [3.63, 3.8) is 0 Å². The number of hydroxylamine groups is 2. The zero-order valence-electron chi connectivity index (χ0n) is 21.7. The van der Waals surface area contributed by atoms with Gasteiger partial charge in [0.25, 0.3) is 0 Å². The van der Waals surface area contributed by atoms with Crippen molar-refractivity contribution in [2.24, 2.45) is 17.8 Å². The van der Waals surface area contributed by atoms with Crippen molar-refractivity contribution in [3.05, 3.63) is 60.2 Å². The van der Waals surface area contributed by atoms with Gasteiger partial charge in [-0.2, -0.15) is 0 Å². The van der Waals surface area contributed by atoms with Gasteiger partial charge in [-0.3, -0.25) is 14.8 Å². The summed E-state index contributed by atoms with van der Waals surface area (Å²) in [5, 5.41) is 23.9. The first-order valence-corrected chi connectivity index (χ1v) is 13.4. The summed E-state index contributed by atoms with van der Waals surface area (Å²) in [7, 11) is 0. The number of aryl methyl sites for hydroxylation is 1. The molecule has 0 saturated heterocycles. The Kier molecular flexibility index (Phi) is 11.0. The summed E-state index contributed by atoms with van der Waals surface area (Å²) in [6.45, 7) is 4.20. The molecule has 1 saturated carbocycles. The largest absolute Gasteiger partial charge is 0.394 e. The number of nitrogens with one attached hydrogen (secondary N) is 1. The van der Waals surface area contributed by atoms with Gasteiger partial charge in [-0.05, 0) is 60.6 Å². The maximum atomic E-state index is 13.2. The molecule has 2 aromatic carbocycles. The van der Waals surface area contributed by atoms with Crippen molar-refractivity contribution < 1.29 is 19.9 Å². The van der Waals surface area contributed by atoms with Crippen LogP contribution in [0.2, 0.25) is 0 Å². The predicted octanol–water partition coefficient (Wildman–Crippen LogP) is 5.22. The van der Waals surface area contributed by atoms with E-state index in [1.807, 2.05) is 32.0 Å². The topological polar surface area (TPSA) is 89.9 Å². The molecular formula is C30H42N2O4. The van der Waals surface area contributed by atoms with E-state index in [4.69, 9.17) is 0 Å². The SMILES string of the molecule is CC(C)C[C@@H](CO)NC(=O)C[C@H](C(=O)N(O)CCCc1ccc(-c2ccccc2)cc1)C1CCCC1. The highest BCUT2D eigenvalue weighted by molar-refractivity contribution is 5.85. The molecule has 196 valence electrons. The average Bonchev–Trinajstić information content (AvgIpc) is 3.42. The van der Waals surface area contributed by atoms with Crippen LogP contribution in [0.3, 0.4) is 0 Å².